The van der Waals surface area contributed by atoms with Crippen molar-refractivity contribution in [1.29, 1.82) is 0 Å². The molecule has 37 heavy (non-hydrogen) atoms. The zero-order chi connectivity index (χ0) is 27.0. The number of hydroxylamine groups is 2. The summed E-state index contributed by atoms with van der Waals surface area (Å²) in [6, 6.07) is 6.51. The number of aryl methyl sites for hydroxylation is 1. The zero-order valence-electron chi connectivity index (χ0n) is 19.4. The molecule has 10 nitrogen and oxygen atoms in total. The number of ether oxygens (including phenoxy) is 1. The molecule has 1 fully saturated rings. The van der Waals surface area contributed by atoms with Gasteiger partial charge >= 0.3 is 18.7 Å². The van der Waals surface area contributed by atoms with E-state index in [1.165, 1.54) is 17.2 Å². The molecule has 2 aliphatic heterocycles. The number of rotatable bonds is 6. The van der Waals surface area contributed by atoms with Gasteiger partial charge in [-0.15, -0.1) is 0 Å². The van der Waals surface area contributed by atoms with E-state index >= 15 is 0 Å². The Kier molecular flexibility index (Phi) is 7.53. The van der Waals surface area contributed by atoms with Crippen LogP contribution in [0.4, 0.5) is 23.8 Å². The van der Waals surface area contributed by atoms with Crippen molar-refractivity contribution < 1.29 is 41.1 Å². The zero-order valence-corrected chi connectivity index (χ0v) is 20.9. The first kappa shape index (κ1) is 26.9. The number of alkyl halides is 3. The Bertz CT molecular complexity index is 1280. The lowest BCUT2D eigenvalue weighted by molar-refractivity contribution is -0.224. The van der Waals surface area contributed by atoms with Gasteiger partial charge in [0, 0.05) is 19.3 Å². The van der Waals surface area contributed by atoms with E-state index in [1.807, 2.05) is 0 Å². The summed E-state index contributed by atoms with van der Waals surface area (Å²) in [5.41, 5.74) is -0.411. The van der Waals surface area contributed by atoms with E-state index in [1.54, 1.807) is 24.0 Å². The molecule has 15 heteroatoms. The van der Waals surface area contributed by atoms with Crippen LogP contribution in [-0.4, -0.2) is 66.9 Å². The number of sulfone groups is 1. The van der Waals surface area contributed by atoms with Gasteiger partial charge in [0.1, 0.15) is 17.4 Å². The first-order chi connectivity index (χ1) is 17.3. The van der Waals surface area contributed by atoms with Crippen LogP contribution in [0.1, 0.15) is 24.0 Å². The summed E-state index contributed by atoms with van der Waals surface area (Å²) in [6.45, 7) is 2.35. The molecule has 1 aromatic heterocycles. The monoisotopic (exact) mass is 562 g/mol. The van der Waals surface area contributed by atoms with E-state index in [2.05, 4.69) is 14.7 Å². The van der Waals surface area contributed by atoms with Gasteiger partial charge in [0.25, 0.3) is 0 Å². The highest BCUT2D eigenvalue weighted by molar-refractivity contribution is 7.92. The number of hydrogen-bond donors (Lipinski definition) is 1. The Morgan fingerprint density at radius 1 is 1.24 bits per heavy atom. The molecule has 3 heterocycles. The number of piperidine rings is 1. The summed E-state index contributed by atoms with van der Waals surface area (Å²) in [6.07, 6.45) is -6.16. The van der Waals surface area contributed by atoms with Crippen molar-refractivity contribution in [3.8, 4) is 0 Å². The molecule has 1 aromatic carbocycles. The molecule has 0 saturated carbocycles. The largest absolute Gasteiger partial charge is 0.509 e. The number of amidine groups is 1. The second-order valence-electron chi connectivity index (χ2n) is 8.43. The summed E-state index contributed by atoms with van der Waals surface area (Å²) >= 11 is 6.15. The number of hydrogen-bond acceptors (Lipinski definition) is 9. The fraction of sp³-hybridized carbons (Fsp3) is 0.409. The van der Waals surface area contributed by atoms with Gasteiger partial charge in [-0.2, -0.15) is 18.2 Å². The lowest BCUT2D eigenvalue weighted by Crippen LogP contribution is -2.47. The van der Waals surface area contributed by atoms with Crippen molar-refractivity contribution in [2.24, 2.45) is 4.99 Å². The maximum Gasteiger partial charge on any atom is 0.509 e. The van der Waals surface area contributed by atoms with Gasteiger partial charge < -0.3 is 14.7 Å². The molecule has 2 aliphatic rings. The number of pyridine rings is 1. The van der Waals surface area contributed by atoms with E-state index in [4.69, 9.17) is 21.5 Å². The molecule has 0 bridgehead atoms. The minimum Gasteiger partial charge on any atom is -0.450 e. The second kappa shape index (κ2) is 10.3. The SMILES string of the molecule is Cc1cccc(Cl)c1S(=O)(=O)CC1=NC(OC(=O)O)ON1C1CCN(c2ccc(C(F)(F)F)cn2)CC1. The van der Waals surface area contributed by atoms with Gasteiger partial charge in [-0.25, -0.2) is 28.1 Å². The topological polar surface area (TPSA) is 122 Å². The number of halogens is 4. The van der Waals surface area contributed by atoms with Gasteiger partial charge in [0.05, 0.1) is 21.5 Å². The highest BCUT2D eigenvalue weighted by atomic mass is 35.5. The summed E-state index contributed by atoms with van der Waals surface area (Å²) in [4.78, 5) is 26.2. The lowest BCUT2D eigenvalue weighted by atomic mass is 10.0. The molecule has 1 N–H and O–H groups in total. The predicted molar refractivity (Wildman–Crippen MR) is 126 cm³/mol. The number of aromatic nitrogens is 1. The average molecular weight is 563 g/mol. The third-order valence-electron chi connectivity index (χ3n) is 5.90. The molecule has 1 atom stereocenters. The molecule has 1 saturated heterocycles. The van der Waals surface area contributed by atoms with Gasteiger partial charge in [-0.3, -0.25) is 0 Å². The average Bonchev–Trinajstić information content (AvgIpc) is 3.19. The number of carboxylic acid groups (broad SMARTS) is 1. The van der Waals surface area contributed by atoms with Crippen LogP contribution in [0.3, 0.4) is 0 Å². The third-order valence-corrected chi connectivity index (χ3v) is 8.13. The maximum atomic E-state index is 13.2. The maximum absolute atomic E-state index is 13.2. The molecule has 1 unspecified atom stereocenters. The van der Waals surface area contributed by atoms with Gasteiger partial charge in [-0.1, -0.05) is 23.7 Å². The fourth-order valence-electron chi connectivity index (χ4n) is 4.21. The molecule has 0 radical (unpaired) electrons. The highest BCUT2D eigenvalue weighted by Crippen LogP contribution is 2.32. The second-order valence-corrected chi connectivity index (χ2v) is 10.8. The van der Waals surface area contributed by atoms with Crippen molar-refractivity contribution in [3.05, 3.63) is 52.7 Å². The van der Waals surface area contributed by atoms with Crippen LogP contribution in [0.25, 0.3) is 0 Å². The summed E-state index contributed by atoms with van der Waals surface area (Å²) in [7, 11) is -4.00. The fourth-order valence-corrected chi connectivity index (χ4v) is 6.40. The Balaban J connectivity index is 1.50. The van der Waals surface area contributed by atoms with E-state index in [9.17, 15) is 26.4 Å². The molecule has 0 amide bonds. The van der Waals surface area contributed by atoms with Crippen LogP contribution in [0.5, 0.6) is 0 Å². The van der Waals surface area contributed by atoms with Gasteiger partial charge in [0.15, 0.2) is 9.84 Å². The molecule has 200 valence electrons. The predicted octanol–water partition coefficient (Wildman–Crippen LogP) is 4.13. The van der Waals surface area contributed by atoms with Crippen molar-refractivity contribution in [1.82, 2.24) is 10.0 Å². The van der Waals surface area contributed by atoms with Crippen molar-refractivity contribution in [3.63, 3.8) is 0 Å². The summed E-state index contributed by atoms with van der Waals surface area (Å²) in [5, 5.41) is 10.2. The minimum absolute atomic E-state index is 0.0433. The van der Waals surface area contributed by atoms with Crippen LogP contribution < -0.4 is 4.90 Å². The lowest BCUT2D eigenvalue weighted by Gasteiger charge is -2.37. The molecule has 4 rings (SSSR count). The van der Waals surface area contributed by atoms with E-state index in [0.29, 0.717) is 37.3 Å². The molecule has 0 aliphatic carbocycles. The van der Waals surface area contributed by atoms with E-state index in [-0.39, 0.29) is 15.8 Å². The van der Waals surface area contributed by atoms with Gasteiger partial charge in [-0.05, 0) is 43.5 Å². The van der Waals surface area contributed by atoms with E-state index in [0.717, 1.165) is 12.3 Å². The Morgan fingerprint density at radius 2 is 1.95 bits per heavy atom. The highest BCUT2D eigenvalue weighted by Gasteiger charge is 2.39. The number of carbonyl (C=O) groups is 1. The summed E-state index contributed by atoms with van der Waals surface area (Å²) < 4.78 is 69.5. The summed E-state index contributed by atoms with van der Waals surface area (Å²) in [5.74, 6) is -0.291. The molecule has 0 spiro atoms. The number of anilines is 1. The van der Waals surface area contributed by atoms with Crippen molar-refractivity contribution in [2.75, 3.05) is 23.7 Å². The Morgan fingerprint density at radius 3 is 2.51 bits per heavy atom. The number of benzene rings is 1. The standard InChI is InChI=1S/C22H22ClF3N4O6S/c1-13-3-2-4-16(23)19(13)37(33,34)12-18-28-20(35-21(31)32)36-30(18)15-7-9-29(10-8-15)17-6-5-14(11-27-17)22(24,25)26/h2-6,11,15,20H,7-10,12H2,1H3,(H,31,32). The quantitative estimate of drug-likeness (QED) is 0.518. The normalized spacial score (nSPS) is 19.2. The third kappa shape index (κ3) is 6.08. The van der Waals surface area contributed by atoms with Crippen LogP contribution in [0.2, 0.25) is 5.02 Å². The Hall–Kier alpha value is -3.10. The van der Waals surface area contributed by atoms with Crippen molar-refractivity contribution in [2.45, 2.75) is 43.3 Å². The first-order valence-corrected chi connectivity index (χ1v) is 13.1. The van der Waals surface area contributed by atoms with Crippen LogP contribution in [0, 0.1) is 6.92 Å². The minimum atomic E-state index is -4.49. The van der Waals surface area contributed by atoms with Crippen LogP contribution >= 0.6 is 11.6 Å². The number of nitrogens with zero attached hydrogens (tertiary/aromatic N) is 4. The van der Waals surface area contributed by atoms with Crippen LogP contribution in [-0.2, 0) is 25.6 Å². The molecule has 2 aromatic rings. The van der Waals surface area contributed by atoms with Gasteiger partial charge in [0.2, 0.25) is 0 Å². The van der Waals surface area contributed by atoms with Crippen molar-refractivity contribution >= 4 is 39.2 Å². The van der Waals surface area contributed by atoms with E-state index < -0.39 is 45.9 Å². The molecular weight excluding hydrogens is 541 g/mol. The number of aliphatic imine (C=N–C) groups is 1. The Labute approximate surface area is 215 Å². The smallest absolute Gasteiger partial charge is 0.450 e. The first-order valence-electron chi connectivity index (χ1n) is 11.0. The van der Waals surface area contributed by atoms with Crippen LogP contribution in [0.15, 0.2) is 46.4 Å². The molecular formula is C22H22ClF3N4O6S.